The van der Waals surface area contributed by atoms with Crippen LogP contribution < -0.4 is 0 Å². The quantitative estimate of drug-likeness (QED) is 0.530. The van der Waals surface area contributed by atoms with E-state index in [1.165, 1.54) is 61.8 Å². The molecule has 28 heavy (non-hydrogen) atoms. The highest BCUT2D eigenvalue weighted by Crippen LogP contribution is 2.18. The number of nitrogens with zero attached hydrogens (tertiary/aromatic N) is 2. The first-order valence-corrected chi connectivity index (χ1v) is 10.9. The van der Waals surface area contributed by atoms with Crippen LogP contribution in [0.25, 0.3) is 0 Å². The molecule has 0 aliphatic carbocycles. The average Bonchev–Trinajstić information content (AvgIpc) is 3.20. The number of amides is 2. The molecule has 5 heteroatoms. The lowest BCUT2D eigenvalue weighted by Gasteiger charge is -2.24. The van der Waals surface area contributed by atoms with Crippen LogP contribution in [0.4, 0.5) is 4.79 Å². The van der Waals surface area contributed by atoms with Crippen molar-refractivity contribution < 1.29 is 14.7 Å². The Kier molecular flexibility index (Phi) is 9.32. The van der Waals surface area contributed by atoms with Crippen molar-refractivity contribution in [2.75, 3.05) is 20.1 Å². The maximum Gasteiger partial charge on any atom is 0.407 e. The van der Waals surface area contributed by atoms with Gasteiger partial charge in [0.1, 0.15) is 0 Å². The third-order valence-corrected chi connectivity index (χ3v) is 5.82. The van der Waals surface area contributed by atoms with Gasteiger partial charge in [-0.2, -0.15) is 0 Å². The summed E-state index contributed by atoms with van der Waals surface area (Å²) in [6.45, 7) is 3.14. The number of unbranched alkanes of at least 4 members (excludes halogenated alkanes) is 7. The van der Waals surface area contributed by atoms with Gasteiger partial charge in [0.25, 0.3) is 5.91 Å². The molecule has 1 aliphatic heterocycles. The highest BCUT2D eigenvalue weighted by molar-refractivity contribution is 5.94. The number of aryl methyl sites for hydroxylation is 1. The fraction of sp³-hybridized carbons (Fsp3) is 0.652. The van der Waals surface area contributed by atoms with Gasteiger partial charge in [-0.15, -0.1) is 0 Å². The molecule has 1 atom stereocenters. The number of hydrogen-bond donors (Lipinski definition) is 1. The van der Waals surface area contributed by atoms with Crippen molar-refractivity contribution in [3.05, 3.63) is 35.4 Å². The molecule has 1 saturated heterocycles. The van der Waals surface area contributed by atoms with Crippen molar-refractivity contribution in [3.63, 3.8) is 0 Å². The predicted octanol–water partition coefficient (Wildman–Crippen LogP) is 5.19. The standard InChI is InChI=1S/C23H36N2O3/c1-3-4-5-6-7-8-9-10-11-19-12-14-20(15-13-19)22(26)24(2)21-16-17-25(18-21)23(27)28/h12-15,21H,3-11,16-18H2,1-2H3,(H,27,28). The summed E-state index contributed by atoms with van der Waals surface area (Å²) in [5.41, 5.74) is 1.96. The van der Waals surface area contributed by atoms with Crippen LogP contribution in [0, 0.1) is 0 Å². The second-order valence-electron chi connectivity index (χ2n) is 8.01. The maximum absolute atomic E-state index is 12.7. The first kappa shape index (κ1) is 22.3. The van der Waals surface area contributed by atoms with Gasteiger partial charge in [0.2, 0.25) is 0 Å². The highest BCUT2D eigenvalue weighted by atomic mass is 16.4. The van der Waals surface area contributed by atoms with Crippen LogP contribution in [0.3, 0.4) is 0 Å². The van der Waals surface area contributed by atoms with Crippen molar-refractivity contribution in [3.8, 4) is 0 Å². The van der Waals surface area contributed by atoms with Gasteiger partial charge >= 0.3 is 6.09 Å². The van der Waals surface area contributed by atoms with E-state index in [0.29, 0.717) is 25.1 Å². The minimum Gasteiger partial charge on any atom is -0.465 e. The van der Waals surface area contributed by atoms with E-state index in [9.17, 15) is 9.59 Å². The lowest BCUT2D eigenvalue weighted by molar-refractivity contribution is 0.0732. The highest BCUT2D eigenvalue weighted by Gasteiger charge is 2.31. The second kappa shape index (κ2) is 11.7. The molecule has 1 aliphatic rings. The molecule has 1 aromatic rings. The Morgan fingerprint density at radius 1 is 1.04 bits per heavy atom. The zero-order chi connectivity index (χ0) is 20.4. The van der Waals surface area contributed by atoms with Gasteiger partial charge in [-0.05, 0) is 37.0 Å². The number of carbonyl (C=O) groups excluding carboxylic acids is 1. The van der Waals surface area contributed by atoms with E-state index in [4.69, 9.17) is 5.11 Å². The molecule has 156 valence electrons. The molecule has 0 radical (unpaired) electrons. The van der Waals surface area contributed by atoms with Gasteiger partial charge in [0, 0.05) is 25.7 Å². The molecular weight excluding hydrogens is 352 g/mol. The lowest BCUT2D eigenvalue weighted by Crippen LogP contribution is -2.39. The molecule has 2 rings (SSSR count). The SMILES string of the molecule is CCCCCCCCCCc1ccc(C(=O)N(C)C2CCN(C(=O)O)C2)cc1. The summed E-state index contributed by atoms with van der Waals surface area (Å²) in [4.78, 5) is 26.8. The zero-order valence-electron chi connectivity index (χ0n) is 17.5. The minimum absolute atomic E-state index is 0.0316. The molecule has 1 heterocycles. The summed E-state index contributed by atoms with van der Waals surface area (Å²) in [5.74, 6) is -0.0316. The van der Waals surface area contributed by atoms with Crippen molar-refractivity contribution in [1.82, 2.24) is 9.80 Å². The van der Waals surface area contributed by atoms with Gasteiger partial charge < -0.3 is 14.9 Å². The fourth-order valence-corrected chi connectivity index (χ4v) is 3.88. The van der Waals surface area contributed by atoms with Crippen LogP contribution in [0.5, 0.6) is 0 Å². The van der Waals surface area contributed by atoms with E-state index in [1.54, 1.807) is 11.9 Å². The Hall–Kier alpha value is -2.04. The van der Waals surface area contributed by atoms with Crippen LogP contribution in [-0.4, -0.2) is 53.1 Å². The number of rotatable bonds is 11. The monoisotopic (exact) mass is 388 g/mol. The fourth-order valence-electron chi connectivity index (χ4n) is 3.88. The normalized spacial score (nSPS) is 16.4. The van der Waals surface area contributed by atoms with E-state index in [-0.39, 0.29) is 11.9 Å². The third kappa shape index (κ3) is 6.84. The largest absolute Gasteiger partial charge is 0.465 e. The molecule has 1 aromatic carbocycles. The number of carbonyl (C=O) groups is 2. The molecular formula is C23H36N2O3. The maximum atomic E-state index is 12.7. The van der Waals surface area contributed by atoms with Gasteiger partial charge in [0.15, 0.2) is 0 Å². The molecule has 5 nitrogen and oxygen atoms in total. The number of hydrogen-bond acceptors (Lipinski definition) is 2. The second-order valence-corrected chi connectivity index (χ2v) is 8.01. The number of benzene rings is 1. The Labute approximate surface area is 169 Å². The van der Waals surface area contributed by atoms with Gasteiger partial charge in [0.05, 0.1) is 6.04 Å². The Balaban J connectivity index is 1.71. The predicted molar refractivity (Wildman–Crippen MR) is 113 cm³/mol. The van der Waals surface area contributed by atoms with Crippen LogP contribution >= 0.6 is 0 Å². The van der Waals surface area contributed by atoms with Crippen molar-refractivity contribution in [1.29, 1.82) is 0 Å². The first-order valence-electron chi connectivity index (χ1n) is 10.9. The van der Waals surface area contributed by atoms with Crippen molar-refractivity contribution >= 4 is 12.0 Å². The summed E-state index contributed by atoms with van der Waals surface area (Å²) >= 11 is 0. The van der Waals surface area contributed by atoms with Crippen LogP contribution in [-0.2, 0) is 6.42 Å². The van der Waals surface area contributed by atoms with Crippen LogP contribution in [0.1, 0.15) is 80.6 Å². The Morgan fingerprint density at radius 3 is 2.21 bits per heavy atom. The van der Waals surface area contributed by atoms with Gasteiger partial charge in [-0.3, -0.25) is 4.79 Å². The van der Waals surface area contributed by atoms with Gasteiger partial charge in [-0.1, -0.05) is 64.0 Å². The Morgan fingerprint density at radius 2 is 1.64 bits per heavy atom. The zero-order valence-corrected chi connectivity index (χ0v) is 17.5. The van der Waals surface area contributed by atoms with E-state index in [1.807, 2.05) is 12.1 Å². The van der Waals surface area contributed by atoms with E-state index < -0.39 is 6.09 Å². The summed E-state index contributed by atoms with van der Waals surface area (Å²) in [6, 6.07) is 7.88. The molecule has 1 N–H and O–H groups in total. The summed E-state index contributed by atoms with van der Waals surface area (Å²) in [6.07, 6.45) is 11.4. The molecule has 0 bridgehead atoms. The van der Waals surface area contributed by atoms with Gasteiger partial charge in [-0.25, -0.2) is 4.79 Å². The first-order chi connectivity index (χ1) is 13.5. The molecule has 0 spiro atoms. The summed E-state index contributed by atoms with van der Waals surface area (Å²) in [5, 5.41) is 9.07. The average molecular weight is 389 g/mol. The summed E-state index contributed by atoms with van der Waals surface area (Å²) in [7, 11) is 1.77. The van der Waals surface area contributed by atoms with E-state index >= 15 is 0 Å². The molecule has 0 aromatic heterocycles. The molecule has 1 unspecified atom stereocenters. The smallest absolute Gasteiger partial charge is 0.407 e. The molecule has 0 saturated carbocycles. The number of likely N-dealkylation sites (N-methyl/N-ethyl adjacent to an activating group) is 1. The lowest BCUT2D eigenvalue weighted by atomic mass is 10.0. The van der Waals surface area contributed by atoms with Crippen molar-refractivity contribution in [2.24, 2.45) is 0 Å². The van der Waals surface area contributed by atoms with Crippen LogP contribution in [0.2, 0.25) is 0 Å². The summed E-state index contributed by atoms with van der Waals surface area (Å²) < 4.78 is 0. The number of carboxylic acid groups (broad SMARTS) is 1. The van der Waals surface area contributed by atoms with E-state index in [2.05, 4.69) is 19.1 Å². The Bertz CT molecular complexity index is 615. The van der Waals surface area contributed by atoms with E-state index in [0.717, 1.165) is 6.42 Å². The minimum atomic E-state index is -0.909. The third-order valence-electron chi connectivity index (χ3n) is 5.82. The van der Waals surface area contributed by atoms with Crippen LogP contribution in [0.15, 0.2) is 24.3 Å². The topological polar surface area (TPSA) is 60.9 Å². The molecule has 2 amide bonds. The molecule has 1 fully saturated rings. The number of likely N-dealkylation sites (tertiary alicyclic amines) is 1. The van der Waals surface area contributed by atoms with Crippen molar-refractivity contribution in [2.45, 2.75) is 77.2 Å².